The highest BCUT2D eigenvalue weighted by atomic mass is 35.5. The van der Waals surface area contributed by atoms with Gasteiger partial charge in [0.25, 0.3) is 0 Å². The van der Waals surface area contributed by atoms with Gasteiger partial charge >= 0.3 is 0 Å². The lowest BCUT2D eigenvalue weighted by Crippen LogP contribution is -1.79. The van der Waals surface area contributed by atoms with E-state index < -0.39 is 5.92 Å². The van der Waals surface area contributed by atoms with Crippen molar-refractivity contribution >= 4 is 22.6 Å². The summed E-state index contributed by atoms with van der Waals surface area (Å²) < 4.78 is 22.3. The molecule has 0 radical (unpaired) electrons. The third kappa shape index (κ3) is 4.26. The zero-order valence-electron chi connectivity index (χ0n) is 10.7. The lowest BCUT2D eigenvalue weighted by atomic mass is 10.2. The maximum atomic E-state index is 11.1. The van der Waals surface area contributed by atoms with Crippen LogP contribution in [0.1, 0.15) is 32.3 Å². The highest BCUT2D eigenvalue weighted by molar-refractivity contribution is 6.32. The van der Waals surface area contributed by atoms with Crippen LogP contribution in [0.15, 0.2) is 18.5 Å². The molecule has 100 valence electrons. The van der Waals surface area contributed by atoms with E-state index >= 15 is 0 Å². The minimum Gasteiger partial charge on any atom is -0.345 e. The van der Waals surface area contributed by atoms with Crippen LogP contribution in [0.25, 0.3) is 11.0 Å². The van der Waals surface area contributed by atoms with Gasteiger partial charge in [0.15, 0.2) is 0 Å². The molecule has 1 aromatic heterocycles. The smallest absolute Gasteiger partial charge is 0.248 e. The van der Waals surface area contributed by atoms with E-state index in [2.05, 4.69) is 9.97 Å². The van der Waals surface area contributed by atoms with Crippen molar-refractivity contribution in [3.05, 3.63) is 29.0 Å². The highest BCUT2D eigenvalue weighted by Gasteiger charge is 2.43. The number of aromatic amines is 1. The molecule has 2 aromatic rings. The standard InChI is InChI=1S/C8H7ClN2.C3H4F2.C2H6/c1-5-2-7-8(3-6(5)9)11-4-10-7;4-3(5)1-2-3;1-2/h2-4H,1H3,(H,10,11);1-2H2;1-2H3. The first-order chi connectivity index (χ1) is 8.48. The fourth-order valence-corrected chi connectivity index (χ4v) is 1.32. The van der Waals surface area contributed by atoms with Crippen LogP contribution in [0.5, 0.6) is 0 Å². The van der Waals surface area contributed by atoms with Gasteiger partial charge in [-0.2, -0.15) is 0 Å². The first-order valence-corrected chi connectivity index (χ1v) is 6.33. The van der Waals surface area contributed by atoms with Crippen molar-refractivity contribution in [2.75, 3.05) is 0 Å². The van der Waals surface area contributed by atoms with Crippen LogP contribution in [0, 0.1) is 6.92 Å². The van der Waals surface area contributed by atoms with Crippen molar-refractivity contribution in [2.24, 2.45) is 0 Å². The van der Waals surface area contributed by atoms with Crippen molar-refractivity contribution in [2.45, 2.75) is 39.5 Å². The number of fused-ring (bicyclic) bond motifs is 1. The topological polar surface area (TPSA) is 28.7 Å². The van der Waals surface area contributed by atoms with Crippen LogP contribution in [-0.2, 0) is 0 Å². The van der Waals surface area contributed by atoms with Crippen LogP contribution in [0.3, 0.4) is 0 Å². The van der Waals surface area contributed by atoms with Gasteiger partial charge in [0, 0.05) is 17.9 Å². The maximum Gasteiger partial charge on any atom is 0.248 e. The van der Waals surface area contributed by atoms with Gasteiger partial charge in [-0.05, 0) is 24.6 Å². The number of nitrogens with one attached hydrogen (secondary N) is 1. The summed E-state index contributed by atoms with van der Waals surface area (Å²) in [7, 11) is 0. The van der Waals surface area contributed by atoms with Crippen LogP contribution < -0.4 is 0 Å². The Balaban J connectivity index is 0.000000195. The number of H-pyrrole nitrogens is 1. The van der Waals surface area contributed by atoms with Crippen molar-refractivity contribution in [1.82, 2.24) is 9.97 Å². The van der Waals surface area contributed by atoms with E-state index in [1.807, 2.05) is 32.9 Å². The lowest BCUT2D eigenvalue weighted by molar-refractivity contribution is 0.120. The van der Waals surface area contributed by atoms with Crippen molar-refractivity contribution in [3.8, 4) is 0 Å². The molecule has 1 aliphatic rings. The van der Waals surface area contributed by atoms with E-state index in [4.69, 9.17) is 11.6 Å². The molecular formula is C13H17ClF2N2. The van der Waals surface area contributed by atoms with Gasteiger partial charge in [0.1, 0.15) is 0 Å². The van der Waals surface area contributed by atoms with Crippen LogP contribution >= 0.6 is 11.6 Å². The molecule has 0 spiro atoms. The summed E-state index contributed by atoms with van der Waals surface area (Å²) in [6.45, 7) is 5.97. The summed E-state index contributed by atoms with van der Waals surface area (Å²) in [5, 5.41) is 0.768. The normalized spacial score (nSPS) is 15.2. The maximum absolute atomic E-state index is 11.1. The summed E-state index contributed by atoms with van der Waals surface area (Å²) in [6, 6.07) is 3.85. The Morgan fingerprint density at radius 1 is 1.28 bits per heavy atom. The van der Waals surface area contributed by atoms with Gasteiger partial charge in [0.05, 0.1) is 17.4 Å². The molecule has 0 saturated heterocycles. The molecule has 0 unspecified atom stereocenters. The van der Waals surface area contributed by atoms with Gasteiger partial charge in [-0.1, -0.05) is 25.4 Å². The van der Waals surface area contributed by atoms with E-state index in [1.165, 1.54) is 0 Å². The summed E-state index contributed by atoms with van der Waals surface area (Å²) in [5.74, 6) is -2.25. The second kappa shape index (κ2) is 6.14. The monoisotopic (exact) mass is 274 g/mol. The Bertz CT molecular complexity index is 467. The average molecular weight is 275 g/mol. The van der Waals surface area contributed by atoms with E-state index in [0.29, 0.717) is 0 Å². The van der Waals surface area contributed by atoms with E-state index in [-0.39, 0.29) is 12.8 Å². The fourth-order valence-electron chi connectivity index (χ4n) is 1.16. The predicted molar refractivity (Wildman–Crippen MR) is 71.4 cm³/mol. The SMILES string of the molecule is CC.Cc1cc2[nH]cnc2cc1Cl.FC1(F)CC1. The largest absolute Gasteiger partial charge is 0.345 e. The highest BCUT2D eigenvalue weighted by Crippen LogP contribution is 2.40. The van der Waals surface area contributed by atoms with E-state index in [0.717, 1.165) is 21.6 Å². The van der Waals surface area contributed by atoms with Crippen LogP contribution in [-0.4, -0.2) is 15.9 Å². The number of imidazole rings is 1. The fraction of sp³-hybridized carbons (Fsp3) is 0.462. The third-order valence-corrected chi connectivity index (χ3v) is 2.74. The quantitative estimate of drug-likeness (QED) is 0.722. The van der Waals surface area contributed by atoms with Crippen LogP contribution in [0.4, 0.5) is 8.78 Å². The molecule has 1 fully saturated rings. The number of halogens is 3. The third-order valence-electron chi connectivity index (χ3n) is 2.33. The summed E-state index contributed by atoms with van der Waals surface area (Å²) in [5.41, 5.74) is 3.02. The number of benzene rings is 1. The Morgan fingerprint density at radius 2 is 1.83 bits per heavy atom. The Hall–Kier alpha value is -1.16. The van der Waals surface area contributed by atoms with E-state index in [1.54, 1.807) is 6.33 Å². The molecule has 0 atom stereocenters. The number of alkyl halides is 2. The molecule has 0 bridgehead atoms. The first kappa shape index (κ1) is 14.9. The number of hydrogen-bond donors (Lipinski definition) is 1. The molecule has 0 amide bonds. The van der Waals surface area contributed by atoms with Gasteiger partial charge in [-0.15, -0.1) is 0 Å². The zero-order valence-corrected chi connectivity index (χ0v) is 11.5. The van der Waals surface area contributed by atoms with Gasteiger partial charge < -0.3 is 4.98 Å². The number of hydrogen-bond acceptors (Lipinski definition) is 1. The second-order valence-corrected chi connectivity index (χ2v) is 4.28. The Labute approximate surface area is 110 Å². The number of aryl methyl sites for hydroxylation is 1. The molecule has 18 heavy (non-hydrogen) atoms. The van der Waals surface area contributed by atoms with Gasteiger partial charge in [-0.3, -0.25) is 0 Å². The molecule has 0 aliphatic heterocycles. The van der Waals surface area contributed by atoms with Crippen molar-refractivity contribution in [1.29, 1.82) is 0 Å². The Kier molecular flexibility index (Phi) is 5.08. The Morgan fingerprint density at radius 3 is 2.33 bits per heavy atom. The molecule has 2 nitrogen and oxygen atoms in total. The minimum absolute atomic E-state index is 0.118. The predicted octanol–water partition coefficient (Wildman–Crippen LogP) is 4.97. The molecule has 3 rings (SSSR count). The molecule has 1 aliphatic carbocycles. The molecule has 1 N–H and O–H groups in total. The summed E-state index contributed by atoms with van der Waals surface area (Å²) in [6.07, 6.45) is 1.90. The number of aromatic nitrogens is 2. The molecule has 1 saturated carbocycles. The van der Waals surface area contributed by atoms with Crippen molar-refractivity contribution in [3.63, 3.8) is 0 Å². The molecule has 1 heterocycles. The average Bonchev–Trinajstić information content (AvgIpc) is 2.86. The summed E-state index contributed by atoms with van der Waals surface area (Å²) >= 11 is 5.89. The summed E-state index contributed by atoms with van der Waals surface area (Å²) in [4.78, 5) is 7.10. The minimum atomic E-state index is -2.25. The number of nitrogens with zero attached hydrogens (tertiary/aromatic N) is 1. The van der Waals surface area contributed by atoms with Crippen LogP contribution in [0.2, 0.25) is 5.02 Å². The molecule has 1 aromatic carbocycles. The second-order valence-electron chi connectivity index (χ2n) is 3.88. The first-order valence-electron chi connectivity index (χ1n) is 5.95. The van der Waals surface area contributed by atoms with Crippen molar-refractivity contribution < 1.29 is 8.78 Å². The molecular weight excluding hydrogens is 258 g/mol. The van der Waals surface area contributed by atoms with Gasteiger partial charge in [0.2, 0.25) is 5.92 Å². The zero-order chi connectivity index (χ0) is 13.8. The molecule has 5 heteroatoms. The lowest BCUT2D eigenvalue weighted by Gasteiger charge is -1.95. The number of rotatable bonds is 0. The van der Waals surface area contributed by atoms with Gasteiger partial charge in [-0.25, -0.2) is 13.8 Å². The van der Waals surface area contributed by atoms with E-state index in [9.17, 15) is 8.78 Å².